The van der Waals surface area contributed by atoms with E-state index >= 15 is 0 Å². The Balaban J connectivity index is 1.74. The van der Waals surface area contributed by atoms with E-state index in [1.807, 2.05) is 6.07 Å². The molecular formula is C15H17FN2OS. The van der Waals surface area contributed by atoms with Crippen molar-refractivity contribution in [3.63, 3.8) is 0 Å². The number of fused-ring (bicyclic) bond motifs is 1. The second-order valence-corrected chi connectivity index (χ2v) is 6.25. The fraction of sp³-hybridized carbons (Fsp3) is 0.400. The minimum atomic E-state index is -0.265. The molecule has 0 aliphatic carbocycles. The summed E-state index contributed by atoms with van der Waals surface area (Å²) in [6.07, 6.45) is 3.31. The highest BCUT2D eigenvalue weighted by molar-refractivity contribution is 7.20. The van der Waals surface area contributed by atoms with Crippen molar-refractivity contribution < 1.29 is 9.18 Å². The van der Waals surface area contributed by atoms with Gasteiger partial charge in [0.25, 0.3) is 5.91 Å². The van der Waals surface area contributed by atoms with Crippen LogP contribution in [0.15, 0.2) is 24.3 Å². The fourth-order valence-electron chi connectivity index (χ4n) is 2.52. The van der Waals surface area contributed by atoms with Crippen molar-refractivity contribution in [1.82, 2.24) is 10.6 Å². The number of rotatable bonds is 2. The summed E-state index contributed by atoms with van der Waals surface area (Å²) in [7, 11) is 0. The zero-order valence-electron chi connectivity index (χ0n) is 11.1. The van der Waals surface area contributed by atoms with Crippen molar-refractivity contribution in [3.8, 4) is 0 Å². The van der Waals surface area contributed by atoms with Crippen molar-refractivity contribution in [2.45, 2.75) is 25.3 Å². The van der Waals surface area contributed by atoms with E-state index in [9.17, 15) is 9.18 Å². The Morgan fingerprint density at radius 3 is 3.15 bits per heavy atom. The molecule has 5 heteroatoms. The molecule has 1 aliphatic heterocycles. The fourth-order valence-corrected chi connectivity index (χ4v) is 3.51. The normalized spacial score (nSPS) is 19.8. The molecule has 2 N–H and O–H groups in total. The van der Waals surface area contributed by atoms with Crippen LogP contribution in [0.1, 0.15) is 28.9 Å². The van der Waals surface area contributed by atoms with Crippen LogP contribution in [0.3, 0.4) is 0 Å². The van der Waals surface area contributed by atoms with Gasteiger partial charge in [-0.25, -0.2) is 4.39 Å². The lowest BCUT2D eigenvalue weighted by Crippen LogP contribution is -2.40. The number of halogens is 1. The third-order valence-electron chi connectivity index (χ3n) is 3.59. The number of amides is 1. The first-order chi connectivity index (χ1) is 9.72. The zero-order valence-corrected chi connectivity index (χ0v) is 11.9. The summed E-state index contributed by atoms with van der Waals surface area (Å²) < 4.78 is 14.0. The Morgan fingerprint density at radius 2 is 2.25 bits per heavy atom. The van der Waals surface area contributed by atoms with Crippen LogP contribution in [-0.2, 0) is 0 Å². The maximum absolute atomic E-state index is 13.2. The molecule has 1 unspecified atom stereocenters. The highest BCUT2D eigenvalue weighted by atomic mass is 32.1. The first-order valence-electron chi connectivity index (χ1n) is 6.93. The third kappa shape index (κ3) is 2.99. The Labute approximate surface area is 121 Å². The summed E-state index contributed by atoms with van der Waals surface area (Å²) in [5, 5.41) is 7.31. The number of hydrogen-bond acceptors (Lipinski definition) is 3. The van der Waals surface area contributed by atoms with Crippen LogP contribution >= 0.6 is 11.3 Å². The maximum atomic E-state index is 13.2. The average Bonchev–Trinajstić information content (AvgIpc) is 2.68. The minimum absolute atomic E-state index is 0.0553. The standard InChI is InChI=1S/C15H17FN2OS/c16-11-5-4-10-7-14(20-13(10)8-11)15(19)18-12-3-1-2-6-17-9-12/h4-5,7-8,12,17H,1-3,6,9H2,(H,18,19). The molecule has 106 valence electrons. The molecule has 1 aromatic carbocycles. The van der Waals surface area contributed by atoms with Gasteiger partial charge < -0.3 is 10.6 Å². The van der Waals surface area contributed by atoms with Crippen molar-refractivity contribution in [1.29, 1.82) is 0 Å². The Kier molecular flexibility index (Phi) is 3.98. The molecule has 1 aliphatic rings. The number of benzene rings is 1. The van der Waals surface area contributed by atoms with Crippen LogP contribution in [-0.4, -0.2) is 25.0 Å². The summed E-state index contributed by atoms with van der Waals surface area (Å²) in [5.74, 6) is -0.320. The summed E-state index contributed by atoms with van der Waals surface area (Å²) in [6.45, 7) is 1.85. The van der Waals surface area contributed by atoms with Gasteiger partial charge in [-0.2, -0.15) is 0 Å². The van der Waals surface area contributed by atoms with Gasteiger partial charge >= 0.3 is 0 Å². The molecule has 0 saturated carbocycles. The van der Waals surface area contributed by atoms with Crippen LogP contribution in [0, 0.1) is 5.82 Å². The van der Waals surface area contributed by atoms with E-state index in [4.69, 9.17) is 0 Å². The van der Waals surface area contributed by atoms with E-state index < -0.39 is 0 Å². The molecule has 20 heavy (non-hydrogen) atoms. The molecule has 1 fully saturated rings. The van der Waals surface area contributed by atoms with Crippen molar-refractivity contribution >= 4 is 27.3 Å². The summed E-state index contributed by atoms with van der Waals surface area (Å²) in [5.41, 5.74) is 0. The van der Waals surface area contributed by atoms with Gasteiger partial charge in [0.2, 0.25) is 0 Å². The Bertz CT molecular complexity index is 617. The number of carbonyl (C=O) groups is 1. The van der Waals surface area contributed by atoms with Crippen molar-refractivity contribution in [2.24, 2.45) is 0 Å². The summed E-state index contributed by atoms with van der Waals surface area (Å²) in [4.78, 5) is 12.9. The number of nitrogens with one attached hydrogen (secondary N) is 2. The first-order valence-corrected chi connectivity index (χ1v) is 7.75. The number of carbonyl (C=O) groups excluding carboxylic acids is 1. The van der Waals surface area contributed by atoms with Gasteiger partial charge in [0.15, 0.2) is 0 Å². The smallest absolute Gasteiger partial charge is 0.261 e. The topological polar surface area (TPSA) is 41.1 Å². The molecule has 0 spiro atoms. The lowest BCUT2D eigenvalue weighted by Gasteiger charge is -2.15. The molecule has 2 aromatic rings. The van der Waals surface area contributed by atoms with E-state index in [0.29, 0.717) is 4.88 Å². The average molecular weight is 292 g/mol. The molecule has 0 radical (unpaired) electrons. The lowest BCUT2D eigenvalue weighted by molar-refractivity contribution is 0.0939. The summed E-state index contributed by atoms with van der Waals surface area (Å²) in [6, 6.07) is 6.63. The third-order valence-corrected chi connectivity index (χ3v) is 4.68. The molecule has 3 rings (SSSR count). The molecule has 1 amide bonds. The number of hydrogen-bond donors (Lipinski definition) is 2. The van der Waals surface area contributed by atoms with Crippen LogP contribution in [0.5, 0.6) is 0 Å². The van der Waals surface area contributed by atoms with Gasteiger partial charge in [0.1, 0.15) is 5.82 Å². The molecule has 1 aromatic heterocycles. The van der Waals surface area contributed by atoms with Gasteiger partial charge in [-0.1, -0.05) is 12.5 Å². The molecule has 2 heterocycles. The van der Waals surface area contributed by atoms with Crippen molar-refractivity contribution in [3.05, 3.63) is 35.0 Å². The van der Waals surface area contributed by atoms with E-state index in [2.05, 4.69) is 10.6 Å². The van der Waals surface area contributed by atoms with Crippen molar-refractivity contribution in [2.75, 3.05) is 13.1 Å². The predicted molar refractivity (Wildman–Crippen MR) is 79.8 cm³/mol. The van der Waals surface area contributed by atoms with Gasteiger partial charge in [-0.3, -0.25) is 4.79 Å². The van der Waals surface area contributed by atoms with Crippen LogP contribution in [0.4, 0.5) is 4.39 Å². The van der Waals surface area contributed by atoms with Crippen LogP contribution in [0.25, 0.3) is 10.1 Å². The van der Waals surface area contributed by atoms with E-state index in [1.165, 1.54) is 23.5 Å². The van der Waals surface area contributed by atoms with Crippen LogP contribution in [0.2, 0.25) is 0 Å². The van der Waals surface area contributed by atoms with Gasteiger partial charge in [0.05, 0.1) is 4.88 Å². The van der Waals surface area contributed by atoms with E-state index in [-0.39, 0.29) is 17.8 Å². The van der Waals surface area contributed by atoms with E-state index in [0.717, 1.165) is 42.4 Å². The first kappa shape index (κ1) is 13.5. The molecule has 0 bridgehead atoms. The predicted octanol–water partition coefficient (Wildman–Crippen LogP) is 2.91. The maximum Gasteiger partial charge on any atom is 0.261 e. The Hall–Kier alpha value is -1.46. The monoisotopic (exact) mass is 292 g/mol. The van der Waals surface area contributed by atoms with Gasteiger partial charge in [-0.15, -0.1) is 11.3 Å². The second kappa shape index (κ2) is 5.89. The lowest BCUT2D eigenvalue weighted by atomic mass is 10.1. The van der Waals surface area contributed by atoms with E-state index in [1.54, 1.807) is 6.07 Å². The molecule has 1 atom stereocenters. The highest BCUT2D eigenvalue weighted by Crippen LogP contribution is 2.26. The SMILES string of the molecule is O=C(NC1CCCCNC1)c1cc2ccc(F)cc2s1. The second-order valence-electron chi connectivity index (χ2n) is 5.16. The Morgan fingerprint density at radius 1 is 1.35 bits per heavy atom. The molecular weight excluding hydrogens is 275 g/mol. The largest absolute Gasteiger partial charge is 0.347 e. The molecule has 1 saturated heterocycles. The van der Waals surface area contributed by atoms with Gasteiger partial charge in [-0.05, 0) is 43.0 Å². The quantitative estimate of drug-likeness (QED) is 0.893. The molecule has 3 nitrogen and oxygen atoms in total. The highest BCUT2D eigenvalue weighted by Gasteiger charge is 2.17. The summed E-state index contributed by atoms with van der Waals surface area (Å²) >= 11 is 1.34. The number of thiophene rings is 1. The minimum Gasteiger partial charge on any atom is -0.347 e. The van der Waals surface area contributed by atoms with Gasteiger partial charge in [0, 0.05) is 17.3 Å². The zero-order chi connectivity index (χ0) is 13.9. The van der Waals surface area contributed by atoms with Crippen LogP contribution < -0.4 is 10.6 Å².